The van der Waals surface area contributed by atoms with E-state index in [-0.39, 0.29) is 0 Å². The van der Waals surface area contributed by atoms with Crippen LogP contribution in [-0.2, 0) is 0 Å². The summed E-state index contributed by atoms with van der Waals surface area (Å²) in [5.74, 6) is 1.58. The molecule has 0 unspecified atom stereocenters. The van der Waals surface area contributed by atoms with Crippen molar-refractivity contribution in [3.8, 4) is 0 Å². The van der Waals surface area contributed by atoms with Crippen molar-refractivity contribution in [1.82, 2.24) is 4.98 Å². The fraction of sp³-hybridized carbons (Fsp3) is 0.333. The van der Waals surface area contributed by atoms with Gasteiger partial charge >= 0.3 is 0 Å². The number of pyridine rings is 1. The lowest BCUT2D eigenvalue weighted by atomic mass is 10.4. The topological polar surface area (TPSA) is 24.9 Å². The summed E-state index contributed by atoms with van der Waals surface area (Å²) < 4.78 is 0.833. The number of rotatable bonds is 3. The molecule has 0 amide bonds. The number of hydrogen-bond acceptors (Lipinski definition) is 2. The Balaban J connectivity index is 1.98. The van der Waals surface area contributed by atoms with Crippen LogP contribution in [0.2, 0.25) is 5.15 Å². The van der Waals surface area contributed by atoms with E-state index in [9.17, 15) is 0 Å². The molecule has 1 radical (unpaired) electrons. The number of hydrogen-bond donors (Lipinski definition) is 1. The maximum atomic E-state index is 5.76. The number of nitrogens with zero attached hydrogens (tertiary/aromatic N) is 1. The molecule has 1 aliphatic carbocycles. The molecule has 1 fully saturated rings. The summed E-state index contributed by atoms with van der Waals surface area (Å²) in [6.07, 6.45) is 4.29. The van der Waals surface area contributed by atoms with Gasteiger partial charge < -0.3 is 5.32 Å². The summed E-state index contributed by atoms with van der Waals surface area (Å²) in [6.45, 7) is 0.968. The van der Waals surface area contributed by atoms with Gasteiger partial charge in [-0.05, 0) is 40.8 Å². The first-order valence-electron chi connectivity index (χ1n) is 4.14. The van der Waals surface area contributed by atoms with Gasteiger partial charge in [0.25, 0.3) is 0 Å². The standard InChI is InChI=1S/C9H9BrClN2/c10-8-3-7(5-13-9(8)11)12-4-6-1-2-6/h3,5,12H,1-2,4H2. The van der Waals surface area contributed by atoms with Gasteiger partial charge in [0.05, 0.1) is 16.4 Å². The van der Waals surface area contributed by atoms with Crippen molar-refractivity contribution >= 4 is 33.2 Å². The Morgan fingerprint density at radius 1 is 1.54 bits per heavy atom. The average molecular weight is 261 g/mol. The van der Waals surface area contributed by atoms with Gasteiger partial charge in [-0.25, -0.2) is 4.98 Å². The number of halogens is 2. The Bertz CT molecular complexity index is 312. The van der Waals surface area contributed by atoms with Crippen LogP contribution in [0, 0.1) is 5.92 Å². The van der Waals surface area contributed by atoms with Crippen LogP contribution < -0.4 is 5.32 Å². The third-order valence-electron chi connectivity index (χ3n) is 1.94. The van der Waals surface area contributed by atoms with Crippen LogP contribution in [0.4, 0.5) is 5.69 Å². The number of aromatic nitrogens is 1. The van der Waals surface area contributed by atoms with Crippen LogP contribution >= 0.6 is 27.5 Å². The Hall–Kier alpha value is -0.280. The first-order chi connectivity index (χ1) is 6.25. The summed E-state index contributed by atoms with van der Waals surface area (Å²) in [6, 6.07) is 1.94. The van der Waals surface area contributed by atoms with E-state index in [1.165, 1.54) is 12.8 Å². The Kier molecular flexibility index (Phi) is 2.74. The zero-order valence-electron chi connectivity index (χ0n) is 6.98. The highest BCUT2D eigenvalue weighted by atomic mass is 79.9. The van der Waals surface area contributed by atoms with Crippen molar-refractivity contribution in [2.45, 2.75) is 12.8 Å². The van der Waals surface area contributed by atoms with Crippen molar-refractivity contribution in [2.75, 3.05) is 11.9 Å². The molecule has 1 N–H and O–H groups in total. The Morgan fingerprint density at radius 3 is 2.92 bits per heavy atom. The van der Waals surface area contributed by atoms with E-state index in [4.69, 9.17) is 11.6 Å². The molecule has 0 atom stereocenters. The van der Waals surface area contributed by atoms with Crippen molar-refractivity contribution in [3.63, 3.8) is 0 Å². The zero-order chi connectivity index (χ0) is 9.26. The van der Waals surface area contributed by atoms with E-state index in [1.807, 2.05) is 6.07 Å². The molecule has 13 heavy (non-hydrogen) atoms. The van der Waals surface area contributed by atoms with Crippen LogP contribution in [0.3, 0.4) is 0 Å². The van der Waals surface area contributed by atoms with Gasteiger partial charge in [0, 0.05) is 6.54 Å². The van der Waals surface area contributed by atoms with Crippen molar-refractivity contribution < 1.29 is 0 Å². The molecule has 1 saturated carbocycles. The molecule has 0 spiro atoms. The summed E-state index contributed by atoms with van der Waals surface area (Å²) in [5, 5.41) is 3.79. The van der Waals surface area contributed by atoms with Gasteiger partial charge in [-0.2, -0.15) is 0 Å². The van der Waals surface area contributed by atoms with Gasteiger partial charge in [0.2, 0.25) is 0 Å². The third-order valence-corrected chi connectivity index (χ3v) is 3.08. The van der Waals surface area contributed by atoms with E-state index in [2.05, 4.69) is 26.2 Å². The molecule has 0 aromatic carbocycles. The highest BCUT2D eigenvalue weighted by Gasteiger charge is 2.21. The summed E-state index contributed by atoms with van der Waals surface area (Å²) >= 11 is 9.09. The molecule has 1 aromatic heterocycles. The highest BCUT2D eigenvalue weighted by molar-refractivity contribution is 9.10. The maximum absolute atomic E-state index is 5.76. The minimum atomic E-state index is 0.504. The van der Waals surface area contributed by atoms with Gasteiger partial charge in [-0.3, -0.25) is 0 Å². The molecule has 2 rings (SSSR count). The molecule has 4 heteroatoms. The SMILES string of the molecule is Clc1ncc(NC[C]2CC2)cc1Br. The van der Waals surface area contributed by atoms with E-state index in [0.717, 1.165) is 16.7 Å². The minimum Gasteiger partial charge on any atom is -0.383 e. The summed E-state index contributed by atoms with van der Waals surface area (Å²) in [4.78, 5) is 4.02. The van der Waals surface area contributed by atoms with Crippen molar-refractivity contribution in [1.29, 1.82) is 0 Å². The van der Waals surface area contributed by atoms with Crippen molar-refractivity contribution in [2.24, 2.45) is 0 Å². The normalized spacial score (nSPS) is 15.8. The number of anilines is 1. The predicted molar refractivity (Wildman–Crippen MR) is 57.9 cm³/mol. The van der Waals surface area contributed by atoms with Crippen LogP contribution in [0.15, 0.2) is 16.7 Å². The molecule has 1 heterocycles. The highest BCUT2D eigenvalue weighted by Crippen LogP contribution is 2.32. The second kappa shape index (κ2) is 3.84. The van der Waals surface area contributed by atoms with E-state index >= 15 is 0 Å². The van der Waals surface area contributed by atoms with Gasteiger partial charge in [0.1, 0.15) is 5.15 Å². The van der Waals surface area contributed by atoms with Crippen LogP contribution in [0.1, 0.15) is 12.8 Å². The molecule has 0 saturated heterocycles. The van der Waals surface area contributed by atoms with Crippen LogP contribution in [0.25, 0.3) is 0 Å². The fourth-order valence-corrected chi connectivity index (χ4v) is 1.46. The van der Waals surface area contributed by atoms with Gasteiger partial charge in [-0.15, -0.1) is 0 Å². The van der Waals surface area contributed by atoms with E-state index in [1.54, 1.807) is 12.1 Å². The largest absolute Gasteiger partial charge is 0.383 e. The second-order valence-corrected chi connectivity index (χ2v) is 4.31. The lowest BCUT2D eigenvalue weighted by Crippen LogP contribution is -2.02. The minimum absolute atomic E-state index is 0.504. The number of nitrogens with one attached hydrogen (secondary N) is 1. The molecular weight excluding hydrogens is 251 g/mol. The molecule has 1 aromatic rings. The van der Waals surface area contributed by atoms with E-state index in [0.29, 0.717) is 5.15 Å². The lowest BCUT2D eigenvalue weighted by molar-refractivity contribution is 1.16. The Morgan fingerprint density at radius 2 is 2.31 bits per heavy atom. The van der Waals surface area contributed by atoms with Crippen LogP contribution in [-0.4, -0.2) is 11.5 Å². The Labute approximate surface area is 90.8 Å². The quantitative estimate of drug-likeness (QED) is 0.844. The smallest absolute Gasteiger partial charge is 0.143 e. The summed E-state index contributed by atoms with van der Waals surface area (Å²) in [7, 11) is 0. The molecule has 0 aliphatic heterocycles. The summed E-state index contributed by atoms with van der Waals surface area (Å²) in [5.41, 5.74) is 1.01. The van der Waals surface area contributed by atoms with Crippen LogP contribution in [0.5, 0.6) is 0 Å². The predicted octanol–water partition coefficient (Wildman–Crippen LogP) is 3.28. The van der Waals surface area contributed by atoms with Gasteiger partial charge in [0.15, 0.2) is 0 Å². The first-order valence-corrected chi connectivity index (χ1v) is 5.31. The molecule has 1 aliphatic rings. The fourth-order valence-electron chi connectivity index (χ4n) is 1.01. The monoisotopic (exact) mass is 259 g/mol. The second-order valence-electron chi connectivity index (χ2n) is 3.10. The first kappa shape index (κ1) is 9.28. The van der Waals surface area contributed by atoms with Crippen molar-refractivity contribution in [3.05, 3.63) is 27.8 Å². The van der Waals surface area contributed by atoms with E-state index < -0.39 is 0 Å². The molecule has 2 nitrogen and oxygen atoms in total. The molecule has 0 bridgehead atoms. The zero-order valence-corrected chi connectivity index (χ0v) is 9.32. The van der Waals surface area contributed by atoms with Gasteiger partial charge in [-0.1, -0.05) is 11.6 Å². The average Bonchev–Trinajstić information content (AvgIpc) is 2.91. The third kappa shape index (κ3) is 2.58. The molecule has 69 valence electrons. The maximum Gasteiger partial charge on any atom is 0.143 e. The molecular formula is C9H9BrClN2. The lowest BCUT2D eigenvalue weighted by Gasteiger charge is -2.04.